The van der Waals surface area contributed by atoms with Crippen molar-refractivity contribution in [3.05, 3.63) is 23.8 Å². The molecule has 0 aliphatic carbocycles. The van der Waals surface area contributed by atoms with Gasteiger partial charge in [0.05, 0.1) is 19.3 Å². The largest absolute Gasteiger partial charge is 0.490 e. The third-order valence-electron chi connectivity index (χ3n) is 3.14. The minimum atomic E-state index is 0.140. The Morgan fingerprint density at radius 3 is 2.84 bits per heavy atom. The van der Waals surface area contributed by atoms with Crippen LogP contribution in [0.1, 0.15) is 31.7 Å². The quantitative estimate of drug-likeness (QED) is 0.825. The van der Waals surface area contributed by atoms with Crippen LogP contribution in [0.2, 0.25) is 0 Å². The molecular formula is C16H21NO2. The number of fused-ring (bicyclic) bond motifs is 1. The third-order valence-corrected chi connectivity index (χ3v) is 3.14. The highest BCUT2D eigenvalue weighted by molar-refractivity contribution is 5.43. The van der Waals surface area contributed by atoms with Crippen molar-refractivity contribution < 1.29 is 9.47 Å². The van der Waals surface area contributed by atoms with Crippen molar-refractivity contribution in [1.82, 2.24) is 5.32 Å². The fourth-order valence-corrected chi connectivity index (χ4v) is 2.09. The molecule has 0 aromatic heterocycles. The highest BCUT2D eigenvalue weighted by Gasteiger charge is 2.11. The predicted octanol–water partition coefficient (Wildman–Crippen LogP) is 2.74. The summed E-state index contributed by atoms with van der Waals surface area (Å²) in [5, 5.41) is 3.38. The molecule has 1 aromatic carbocycles. The van der Waals surface area contributed by atoms with E-state index < -0.39 is 0 Å². The molecule has 3 heteroatoms. The molecule has 102 valence electrons. The number of rotatable bonds is 5. The smallest absolute Gasteiger partial charge is 0.161 e. The lowest BCUT2D eigenvalue weighted by atomic mass is 10.1. The number of hydrogen-bond acceptors (Lipinski definition) is 3. The van der Waals surface area contributed by atoms with Gasteiger partial charge in [-0.25, -0.2) is 0 Å². The molecule has 1 aliphatic rings. The molecule has 1 N–H and O–H groups in total. The summed E-state index contributed by atoms with van der Waals surface area (Å²) in [6.07, 6.45) is 8.51. The summed E-state index contributed by atoms with van der Waals surface area (Å²) in [6.45, 7) is 4.33. The maximum atomic E-state index is 5.68. The van der Waals surface area contributed by atoms with Crippen LogP contribution < -0.4 is 14.8 Å². The van der Waals surface area contributed by atoms with E-state index in [2.05, 4.69) is 24.2 Å². The third kappa shape index (κ3) is 3.90. The molecule has 3 nitrogen and oxygen atoms in total. The monoisotopic (exact) mass is 259 g/mol. The van der Waals surface area contributed by atoms with Gasteiger partial charge in [0, 0.05) is 13.0 Å². The first-order chi connectivity index (χ1) is 9.33. The van der Waals surface area contributed by atoms with Gasteiger partial charge in [-0.1, -0.05) is 25.3 Å². The van der Waals surface area contributed by atoms with Gasteiger partial charge >= 0.3 is 0 Å². The molecule has 1 aliphatic heterocycles. The van der Waals surface area contributed by atoms with E-state index in [0.717, 1.165) is 43.9 Å². The molecule has 1 aromatic rings. The Morgan fingerprint density at radius 1 is 1.32 bits per heavy atom. The van der Waals surface area contributed by atoms with E-state index in [4.69, 9.17) is 15.9 Å². The van der Waals surface area contributed by atoms with E-state index in [-0.39, 0.29) is 6.04 Å². The second-order valence-corrected chi connectivity index (χ2v) is 4.72. The molecule has 1 heterocycles. The highest BCUT2D eigenvalue weighted by Crippen LogP contribution is 2.30. The minimum absolute atomic E-state index is 0.140. The fraction of sp³-hybridized carbons (Fsp3) is 0.500. The minimum Gasteiger partial charge on any atom is -0.490 e. The second kappa shape index (κ2) is 7.06. The molecule has 0 fully saturated rings. The molecule has 0 saturated carbocycles. The van der Waals surface area contributed by atoms with Crippen LogP contribution >= 0.6 is 0 Å². The Morgan fingerprint density at radius 2 is 2.11 bits per heavy atom. The Kier molecular flexibility index (Phi) is 5.11. The molecule has 0 spiro atoms. The Labute approximate surface area is 115 Å². The van der Waals surface area contributed by atoms with Gasteiger partial charge in [-0.3, -0.25) is 5.32 Å². The summed E-state index contributed by atoms with van der Waals surface area (Å²) in [5.41, 5.74) is 1.17. The number of hydrogen-bond donors (Lipinski definition) is 1. The number of terminal acetylenes is 1. The summed E-state index contributed by atoms with van der Waals surface area (Å²) in [7, 11) is 0. The van der Waals surface area contributed by atoms with Crippen molar-refractivity contribution in [3.8, 4) is 23.8 Å². The van der Waals surface area contributed by atoms with Crippen LogP contribution in [0.4, 0.5) is 0 Å². The molecule has 2 rings (SSSR count). The van der Waals surface area contributed by atoms with Crippen molar-refractivity contribution in [1.29, 1.82) is 0 Å². The number of nitrogens with one attached hydrogen (secondary N) is 1. The van der Waals surface area contributed by atoms with Crippen molar-refractivity contribution in [2.45, 2.75) is 38.8 Å². The maximum Gasteiger partial charge on any atom is 0.161 e. The van der Waals surface area contributed by atoms with Crippen LogP contribution in [0.25, 0.3) is 0 Å². The molecule has 0 bridgehead atoms. The van der Waals surface area contributed by atoms with Crippen molar-refractivity contribution in [3.63, 3.8) is 0 Å². The average Bonchev–Trinajstić information content (AvgIpc) is 2.68. The Bertz CT molecular complexity index is 451. The molecule has 0 saturated heterocycles. The van der Waals surface area contributed by atoms with Gasteiger partial charge in [-0.2, -0.15) is 0 Å². The van der Waals surface area contributed by atoms with Gasteiger partial charge in [0.2, 0.25) is 0 Å². The van der Waals surface area contributed by atoms with Gasteiger partial charge in [0.15, 0.2) is 11.5 Å². The normalized spacial score (nSPS) is 15.4. The van der Waals surface area contributed by atoms with E-state index >= 15 is 0 Å². The zero-order valence-electron chi connectivity index (χ0n) is 11.4. The van der Waals surface area contributed by atoms with Crippen LogP contribution in [0.15, 0.2) is 18.2 Å². The van der Waals surface area contributed by atoms with Gasteiger partial charge in [-0.15, -0.1) is 6.42 Å². The number of ether oxygens (including phenoxy) is 2. The molecule has 1 unspecified atom stereocenters. The van der Waals surface area contributed by atoms with Gasteiger partial charge in [0.25, 0.3) is 0 Å². The van der Waals surface area contributed by atoms with E-state index in [1.54, 1.807) is 0 Å². The second-order valence-electron chi connectivity index (χ2n) is 4.72. The summed E-state index contributed by atoms with van der Waals surface area (Å²) >= 11 is 0. The molecule has 19 heavy (non-hydrogen) atoms. The van der Waals surface area contributed by atoms with E-state index in [1.807, 2.05) is 12.1 Å². The summed E-state index contributed by atoms with van der Waals surface area (Å²) < 4.78 is 11.3. The molecular weight excluding hydrogens is 238 g/mol. The topological polar surface area (TPSA) is 30.5 Å². The summed E-state index contributed by atoms with van der Waals surface area (Å²) in [6, 6.07) is 6.20. The SMILES string of the molecule is C#CC(CCC)NCc1ccc2c(c1)OCCCO2. The Balaban J connectivity index is 1.98. The number of benzene rings is 1. The summed E-state index contributed by atoms with van der Waals surface area (Å²) in [5.74, 6) is 4.45. The molecule has 0 radical (unpaired) electrons. The van der Waals surface area contributed by atoms with Gasteiger partial charge < -0.3 is 9.47 Å². The molecule has 1 atom stereocenters. The van der Waals surface area contributed by atoms with Crippen LogP contribution in [0, 0.1) is 12.3 Å². The lowest BCUT2D eigenvalue weighted by molar-refractivity contribution is 0.297. The van der Waals surface area contributed by atoms with E-state index in [0.29, 0.717) is 6.61 Å². The fourth-order valence-electron chi connectivity index (χ4n) is 2.09. The van der Waals surface area contributed by atoms with E-state index in [1.165, 1.54) is 5.56 Å². The first-order valence-electron chi connectivity index (χ1n) is 6.91. The first kappa shape index (κ1) is 13.8. The van der Waals surface area contributed by atoms with Crippen LogP contribution in [-0.2, 0) is 6.54 Å². The zero-order chi connectivity index (χ0) is 13.5. The van der Waals surface area contributed by atoms with Gasteiger partial charge in [0.1, 0.15) is 0 Å². The van der Waals surface area contributed by atoms with E-state index in [9.17, 15) is 0 Å². The van der Waals surface area contributed by atoms with Gasteiger partial charge in [-0.05, 0) is 24.1 Å². The predicted molar refractivity (Wildman–Crippen MR) is 76.4 cm³/mol. The van der Waals surface area contributed by atoms with Crippen LogP contribution in [0.5, 0.6) is 11.5 Å². The lowest BCUT2D eigenvalue weighted by Crippen LogP contribution is -2.26. The average molecular weight is 259 g/mol. The molecule has 0 amide bonds. The standard InChI is InChI=1S/C16H21NO2/c1-3-6-14(4-2)17-12-13-7-8-15-16(11-13)19-10-5-9-18-15/h2,7-8,11,14,17H,3,5-6,9-10,12H2,1H3. The summed E-state index contributed by atoms with van der Waals surface area (Å²) in [4.78, 5) is 0. The van der Waals surface area contributed by atoms with Crippen LogP contribution in [0.3, 0.4) is 0 Å². The zero-order valence-corrected chi connectivity index (χ0v) is 11.4. The Hall–Kier alpha value is -1.66. The van der Waals surface area contributed by atoms with Crippen molar-refractivity contribution in [2.24, 2.45) is 0 Å². The maximum absolute atomic E-state index is 5.68. The van der Waals surface area contributed by atoms with Crippen molar-refractivity contribution >= 4 is 0 Å². The van der Waals surface area contributed by atoms with Crippen LogP contribution in [-0.4, -0.2) is 19.3 Å². The highest BCUT2D eigenvalue weighted by atomic mass is 16.5. The van der Waals surface area contributed by atoms with Crippen molar-refractivity contribution in [2.75, 3.05) is 13.2 Å². The lowest BCUT2D eigenvalue weighted by Gasteiger charge is -2.13. The first-order valence-corrected chi connectivity index (χ1v) is 6.91.